The van der Waals surface area contributed by atoms with E-state index in [1.165, 1.54) is 11.6 Å². The van der Waals surface area contributed by atoms with Gasteiger partial charge in [-0.2, -0.15) is 30.3 Å². The maximum atomic E-state index is 13.3. The second-order valence-corrected chi connectivity index (χ2v) is 12.3. The largest absolute Gasteiger partial charge is 3.00 e. The van der Waals surface area contributed by atoms with Crippen molar-refractivity contribution >= 4 is 21.5 Å². The van der Waals surface area contributed by atoms with Crippen molar-refractivity contribution in [2.24, 2.45) is 0 Å². The fraction of sp³-hybridized carbons (Fsp3) is 0.211. The van der Waals surface area contributed by atoms with Crippen LogP contribution in [0.25, 0.3) is 43.9 Å². The van der Waals surface area contributed by atoms with Crippen LogP contribution in [0, 0.1) is 24.1 Å². The van der Waals surface area contributed by atoms with E-state index in [0.29, 0.717) is 0 Å². The fourth-order valence-corrected chi connectivity index (χ4v) is 4.63. The normalized spacial score (nSPS) is 11.5. The summed E-state index contributed by atoms with van der Waals surface area (Å²) >= 11 is 0. The molecule has 0 fully saturated rings. The van der Waals surface area contributed by atoms with E-state index in [4.69, 9.17) is 0 Å². The fourth-order valence-electron chi connectivity index (χ4n) is 4.63. The molecule has 4 aromatic carbocycles. The molecule has 0 saturated carbocycles. The van der Waals surface area contributed by atoms with Gasteiger partial charge in [0, 0.05) is 6.20 Å². The zero-order valence-electron chi connectivity index (χ0n) is 24.8. The predicted molar refractivity (Wildman–Crippen MR) is 168 cm³/mol. The number of aromatic nitrogens is 2. The summed E-state index contributed by atoms with van der Waals surface area (Å²) in [7, 11) is 0. The molecule has 6 rings (SSSR count). The average molecular weight is 730 g/mol. The number of benzene rings is 4. The zero-order chi connectivity index (χ0) is 29.2. The number of hydrogen-bond donors (Lipinski definition) is 0. The van der Waals surface area contributed by atoms with Gasteiger partial charge in [-0.3, -0.25) is 0 Å². The minimum absolute atomic E-state index is 0. The van der Waals surface area contributed by atoms with Gasteiger partial charge in [-0.15, -0.1) is 40.8 Å². The molecule has 42 heavy (non-hydrogen) atoms. The number of rotatable bonds is 2. The van der Waals surface area contributed by atoms with Crippen molar-refractivity contribution in [3.8, 4) is 22.4 Å². The van der Waals surface area contributed by atoms with Crippen LogP contribution in [-0.4, -0.2) is 9.97 Å². The molecule has 212 valence electrons. The van der Waals surface area contributed by atoms with Gasteiger partial charge in [0.15, 0.2) is 0 Å². The minimum atomic E-state index is -0.212. The van der Waals surface area contributed by atoms with E-state index in [2.05, 4.69) is 106 Å². The molecule has 0 aliphatic heterocycles. The Hall–Kier alpha value is -3.72. The van der Waals surface area contributed by atoms with Crippen LogP contribution < -0.4 is 0 Å². The summed E-state index contributed by atoms with van der Waals surface area (Å²) in [6.45, 7) is 13.1. The maximum absolute atomic E-state index is 13.3. The molecular formula is C38H34FIrN2. The monoisotopic (exact) mass is 730 g/mol. The molecule has 0 bridgehead atoms. The number of fused-ring (bicyclic) bond motifs is 3. The van der Waals surface area contributed by atoms with Crippen molar-refractivity contribution in [1.29, 1.82) is 0 Å². The molecular weight excluding hydrogens is 696 g/mol. The molecule has 0 aliphatic carbocycles. The van der Waals surface area contributed by atoms with Gasteiger partial charge in [0.1, 0.15) is 5.82 Å². The second kappa shape index (κ2) is 12.7. The molecule has 0 unspecified atom stereocenters. The molecule has 2 aromatic heterocycles. The van der Waals surface area contributed by atoms with Gasteiger partial charge in [-0.1, -0.05) is 88.8 Å². The zero-order valence-corrected chi connectivity index (χ0v) is 27.2. The third-order valence-corrected chi connectivity index (χ3v) is 7.11. The van der Waals surface area contributed by atoms with Gasteiger partial charge in [-0.05, 0) is 45.8 Å². The van der Waals surface area contributed by atoms with E-state index in [1.54, 1.807) is 12.3 Å². The van der Waals surface area contributed by atoms with Crippen molar-refractivity contribution in [2.75, 3.05) is 0 Å². The molecule has 0 saturated heterocycles. The van der Waals surface area contributed by atoms with Gasteiger partial charge < -0.3 is 9.97 Å². The van der Waals surface area contributed by atoms with Crippen LogP contribution in [-0.2, 0) is 30.9 Å². The summed E-state index contributed by atoms with van der Waals surface area (Å²) in [5.41, 5.74) is 6.49. The summed E-state index contributed by atoms with van der Waals surface area (Å²) in [5, 5.41) is 4.12. The van der Waals surface area contributed by atoms with E-state index in [1.807, 2.05) is 42.5 Å². The van der Waals surface area contributed by atoms with E-state index >= 15 is 0 Å². The predicted octanol–water partition coefficient (Wildman–Crippen LogP) is 9.94. The Labute approximate surface area is 262 Å². The van der Waals surface area contributed by atoms with Crippen molar-refractivity contribution in [3.05, 3.63) is 133 Å². The standard InChI is InChI=1S/C19H11FN.C19H23N.Ir/c20-16-7-9-18-14(12-16)5-4-13-11-15(6-8-17(13)18)19-3-1-2-10-21-19;1-18(2,3)16-10-7-14(8-11-16)15-9-12-17(20-13-15)19(4,5)6;/h1-5,7-12H;7,9-12H,1-6H3;/q-1;-2;+3. The van der Waals surface area contributed by atoms with Crippen LogP contribution in [0.2, 0.25) is 0 Å². The Morgan fingerprint density at radius 2 is 1.36 bits per heavy atom. The van der Waals surface area contributed by atoms with Gasteiger partial charge in [-0.25, -0.2) is 15.5 Å². The first-order chi connectivity index (χ1) is 19.5. The molecule has 2 nitrogen and oxygen atoms in total. The molecule has 0 amide bonds. The number of hydrogen-bond acceptors (Lipinski definition) is 2. The van der Waals surface area contributed by atoms with E-state index in [0.717, 1.165) is 49.6 Å². The third-order valence-electron chi connectivity index (χ3n) is 7.11. The van der Waals surface area contributed by atoms with E-state index < -0.39 is 0 Å². The van der Waals surface area contributed by atoms with Crippen LogP contribution >= 0.6 is 0 Å². The first kappa shape index (κ1) is 31.2. The SMILES string of the molecule is CC(C)(C)c1c[c-]c(-c2[c-]nc(C(C)(C)C)cc2)cc1.Fc1ccc2c(ccc3cc(-c4ccccn4)[c-]cc32)c1.[Ir+3]. The van der Waals surface area contributed by atoms with Crippen molar-refractivity contribution < 1.29 is 24.5 Å². The van der Waals surface area contributed by atoms with E-state index in [9.17, 15) is 4.39 Å². The molecule has 0 radical (unpaired) electrons. The first-order valence-electron chi connectivity index (χ1n) is 13.9. The van der Waals surface area contributed by atoms with Crippen LogP contribution in [0.1, 0.15) is 52.8 Å². The summed E-state index contributed by atoms with van der Waals surface area (Å²) in [4.78, 5) is 8.80. The van der Waals surface area contributed by atoms with Gasteiger partial charge in [0.2, 0.25) is 0 Å². The van der Waals surface area contributed by atoms with Crippen molar-refractivity contribution in [1.82, 2.24) is 9.97 Å². The van der Waals surface area contributed by atoms with Gasteiger partial charge >= 0.3 is 20.1 Å². The molecule has 0 N–H and O–H groups in total. The molecule has 6 aromatic rings. The van der Waals surface area contributed by atoms with Gasteiger partial charge in [0.05, 0.1) is 0 Å². The molecule has 0 atom stereocenters. The minimum Gasteiger partial charge on any atom is -0.367 e. The Balaban J connectivity index is 0.000000189. The number of halogens is 1. The van der Waals surface area contributed by atoms with Crippen LogP contribution in [0.4, 0.5) is 4.39 Å². The Morgan fingerprint density at radius 1 is 0.643 bits per heavy atom. The van der Waals surface area contributed by atoms with Crippen LogP contribution in [0.3, 0.4) is 0 Å². The quantitative estimate of drug-likeness (QED) is 0.131. The summed E-state index contributed by atoms with van der Waals surface area (Å²) in [6.07, 6.45) is 4.91. The smallest absolute Gasteiger partial charge is 0.367 e. The number of pyridine rings is 2. The van der Waals surface area contributed by atoms with Crippen molar-refractivity contribution in [2.45, 2.75) is 52.4 Å². The molecule has 4 heteroatoms. The van der Waals surface area contributed by atoms with Crippen molar-refractivity contribution in [3.63, 3.8) is 0 Å². The molecule has 0 spiro atoms. The Bertz CT molecular complexity index is 1730. The Morgan fingerprint density at radius 3 is 1.95 bits per heavy atom. The summed E-state index contributed by atoms with van der Waals surface area (Å²) in [6, 6.07) is 35.8. The van der Waals surface area contributed by atoms with Crippen LogP contribution in [0.15, 0.2) is 97.2 Å². The first-order valence-corrected chi connectivity index (χ1v) is 13.9. The summed E-state index contributed by atoms with van der Waals surface area (Å²) < 4.78 is 13.3. The Kier molecular flexibility index (Phi) is 9.40. The second-order valence-electron chi connectivity index (χ2n) is 12.3. The summed E-state index contributed by atoms with van der Waals surface area (Å²) in [5.74, 6) is -0.212. The average Bonchev–Trinajstić information content (AvgIpc) is 2.97. The molecule has 0 aliphatic rings. The van der Waals surface area contributed by atoms with Crippen LogP contribution in [0.5, 0.6) is 0 Å². The van der Waals surface area contributed by atoms with Gasteiger partial charge in [0.25, 0.3) is 0 Å². The van der Waals surface area contributed by atoms with E-state index in [-0.39, 0.29) is 36.8 Å². The number of nitrogens with zero attached hydrogens (tertiary/aromatic N) is 2. The topological polar surface area (TPSA) is 25.8 Å². The third kappa shape index (κ3) is 7.18. The maximum Gasteiger partial charge on any atom is 3.00 e. The molecule has 2 heterocycles.